The Morgan fingerprint density at radius 2 is 2.06 bits per heavy atom. The van der Waals surface area contributed by atoms with E-state index in [2.05, 4.69) is 5.43 Å². The van der Waals surface area contributed by atoms with Gasteiger partial charge in [-0.05, 0) is 17.7 Å². The van der Waals surface area contributed by atoms with Gasteiger partial charge in [-0.25, -0.2) is 5.43 Å². The third-order valence-electron chi connectivity index (χ3n) is 2.48. The Morgan fingerprint density at radius 3 is 2.69 bits per heavy atom. The number of alkyl halides is 3. The SMILES string of the molecule is CN1NCc2ccc(C(F)(F)F)cc2C1=O. The fourth-order valence-corrected chi connectivity index (χ4v) is 1.56. The van der Waals surface area contributed by atoms with Crippen LogP contribution in [0.2, 0.25) is 0 Å². The predicted molar refractivity (Wildman–Crippen MR) is 50.4 cm³/mol. The highest BCUT2D eigenvalue weighted by Crippen LogP contribution is 2.31. The molecule has 1 heterocycles. The Balaban J connectivity index is 2.49. The largest absolute Gasteiger partial charge is 0.416 e. The molecule has 0 radical (unpaired) electrons. The highest BCUT2D eigenvalue weighted by molar-refractivity contribution is 5.96. The second-order valence-corrected chi connectivity index (χ2v) is 3.57. The molecule has 1 aromatic carbocycles. The predicted octanol–water partition coefficient (Wildman–Crippen LogP) is 1.80. The number of carbonyl (C=O) groups excluding carboxylic acids is 1. The molecule has 0 aliphatic carbocycles. The van der Waals surface area contributed by atoms with E-state index >= 15 is 0 Å². The summed E-state index contributed by atoms with van der Waals surface area (Å²) in [5.74, 6) is -0.452. The summed E-state index contributed by atoms with van der Waals surface area (Å²) in [5, 5.41) is 1.18. The van der Waals surface area contributed by atoms with E-state index < -0.39 is 17.6 Å². The molecule has 0 fully saturated rings. The molecule has 0 unspecified atom stereocenters. The Bertz CT molecular complexity index is 442. The van der Waals surface area contributed by atoms with Crippen molar-refractivity contribution in [2.45, 2.75) is 12.7 Å². The molecule has 0 spiro atoms. The van der Waals surface area contributed by atoms with Crippen molar-refractivity contribution < 1.29 is 18.0 Å². The average molecular weight is 230 g/mol. The summed E-state index contributed by atoms with van der Waals surface area (Å²) < 4.78 is 37.3. The van der Waals surface area contributed by atoms with Crippen molar-refractivity contribution in [2.24, 2.45) is 0 Å². The molecule has 0 bridgehead atoms. The van der Waals surface area contributed by atoms with Gasteiger partial charge in [0.05, 0.1) is 5.56 Å². The smallest absolute Gasteiger partial charge is 0.277 e. The van der Waals surface area contributed by atoms with Gasteiger partial charge in [-0.2, -0.15) is 13.2 Å². The van der Waals surface area contributed by atoms with E-state index in [4.69, 9.17) is 0 Å². The quantitative estimate of drug-likeness (QED) is 0.737. The number of benzene rings is 1. The summed E-state index contributed by atoms with van der Waals surface area (Å²) in [6, 6.07) is 3.21. The normalized spacial score (nSPS) is 16.2. The van der Waals surface area contributed by atoms with Gasteiger partial charge < -0.3 is 0 Å². The number of halogens is 3. The molecule has 0 saturated heterocycles. The molecule has 1 aromatic rings. The zero-order chi connectivity index (χ0) is 11.9. The van der Waals surface area contributed by atoms with Crippen molar-refractivity contribution in [2.75, 3.05) is 7.05 Å². The first-order valence-electron chi connectivity index (χ1n) is 4.61. The van der Waals surface area contributed by atoms with Crippen LogP contribution in [0.3, 0.4) is 0 Å². The van der Waals surface area contributed by atoms with Crippen LogP contribution in [0.1, 0.15) is 21.5 Å². The van der Waals surface area contributed by atoms with Crippen LogP contribution in [0, 0.1) is 0 Å². The van der Waals surface area contributed by atoms with Gasteiger partial charge in [0.2, 0.25) is 0 Å². The number of rotatable bonds is 0. The van der Waals surface area contributed by atoms with Gasteiger partial charge in [-0.1, -0.05) is 6.07 Å². The monoisotopic (exact) mass is 230 g/mol. The van der Waals surface area contributed by atoms with Gasteiger partial charge in [-0.3, -0.25) is 9.80 Å². The highest BCUT2D eigenvalue weighted by Gasteiger charge is 2.32. The second kappa shape index (κ2) is 3.48. The number of hydrazine groups is 1. The number of nitrogens with one attached hydrogen (secondary N) is 1. The minimum Gasteiger partial charge on any atom is -0.277 e. The third kappa shape index (κ3) is 1.76. The summed E-state index contributed by atoms with van der Waals surface area (Å²) in [4.78, 5) is 11.6. The van der Waals surface area contributed by atoms with Crippen LogP contribution in [0.5, 0.6) is 0 Å². The van der Waals surface area contributed by atoms with Crippen molar-refractivity contribution in [3.05, 3.63) is 34.9 Å². The first-order chi connectivity index (χ1) is 7.39. The summed E-state index contributed by atoms with van der Waals surface area (Å²) >= 11 is 0. The van der Waals surface area contributed by atoms with Crippen molar-refractivity contribution in [3.63, 3.8) is 0 Å². The second-order valence-electron chi connectivity index (χ2n) is 3.57. The van der Waals surface area contributed by atoms with Crippen molar-refractivity contribution in [1.29, 1.82) is 0 Å². The minimum atomic E-state index is -4.42. The maximum absolute atomic E-state index is 12.4. The molecule has 1 aliphatic heterocycles. The molecule has 16 heavy (non-hydrogen) atoms. The van der Waals surface area contributed by atoms with Gasteiger partial charge in [-0.15, -0.1) is 0 Å². The van der Waals surface area contributed by atoms with Crippen LogP contribution in [0.25, 0.3) is 0 Å². The standard InChI is InChI=1S/C10H9F3N2O/c1-15-9(16)8-4-7(10(11,12)13)3-2-6(8)5-14-15/h2-4,14H,5H2,1H3. The lowest BCUT2D eigenvalue weighted by molar-refractivity contribution is -0.137. The van der Waals surface area contributed by atoms with Gasteiger partial charge in [0.25, 0.3) is 5.91 Å². The Morgan fingerprint density at radius 1 is 1.38 bits per heavy atom. The summed E-state index contributed by atoms with van der Waals surface area (Å²) in [5.41, 5.74) is 2.64. The molecule has 0 atom stereocenters. The number of fused-ring (bicyclic) bond motifs is 1. The fraction of sp³-hybridized carbons (Fsp3) is 0.300. The fourth-order valence-electron chi connectivity index (χ4n) is 1.56. The van der Waals surface area contributed by atoms with E-state index in [9.17, 15) is 18.0 Å². The van der Waals surface area contributed by atoms with E-state index in [0.717, 1.165) is 12.1 Å². The number of amides is 1. The molecule has 0 aromatic heterocycles. The molecule has 86 valence electrons. The number of carbonyl (C=O) groups is 1. The number of hydrogen-bond donors (Lipinski definition) is 1. The van der Waals surface area contributed by atoms with Crippen LogP contribution in [0.15, 0.2) is 18.2 Å². The Kier molecular flexibility index (Phi) is 2.38. The van der Waals surface area contributed by atoms with E-state index in [1.54, 1.807) is 0 Å². The lowest BCUT2D eigenvalue weighted by atomic mass is 10.0. The lowest BCUT2D eigenvalue weighted by Crippen LogP contribution is -2.43. The molecule has 6 heteroatoms. The van der Waals surface area contributed by atoms with Crippen LogP contribution < -0.4 is 5.43 Å². The summed E-state index contributed by atoms with van der Waals surface area (Å²) in [7, 11) is 1.48. The van der Waals surface area contributed by atoms with E-state index in [1.165, 1.54) is 18.1 Å². The summed E-state index contributed by atoms with van der Waals surface area (Å²) in [6.07, 6.45) is -4.42. The van der Waals surface area contributed by atoms with Crippen LogP contribution in [0.4, 0.5) is 13.2 Å². The molecule has 2 rings (SSSR count). The minimum absolute atomic E-state index is 0.107. The molecule has 1 aliphatic rings. The first-order valence-corrected chi connectivity index (χ1v) is 4.61. The zero-order valence-electron chi connectivity index (χ0n) is 8.43. The average Bonchev–Trinajstić information content (AvgIpc) is 2.22. The molecular weight excluding hydrogens is 221 g/mol. The maximum atomic E-state index is 12.4. The molecular formula is C10H9F3N2O. The van der Waals surface area contributed by atoms with Crippen LogP contribution >= 0.6 is 0 Å². The van der Waals surface area contributed by atoms with Gasteiger partial charge in [0, 0.05) is 19.2 Å². The van der Waals surface area contributed by atoms with E-state index in [-0.39, 0.29) is 5.56 Å². The zero-order valence-corrected chi connectivity index (χ0v) is 8.43. The van der Waals surface area contributed by atoms with Crippen LogP contribution in [-0.2, 0) is 12.7 Å². The highest BCUT2D eigenvalue weighted by atomic mass is 19.4. The maximum Gasteiger partial charge on any atom is 0.416 e. The van der Waals surface area contributed by atoms with Crippen molar-refractivity contribution in [1.82, 2.24) is 10.4 Å². The Hall–Kier alpha value is -1.56. The van der Waals surface area contributed by atoms with Gasteiger partial charge in [0.15, 0.2) is 0 Å². The van der Waals surface area contributed by atoms with E-state index in [1.807, 2.05) is 0 Å². The van der Waals surface area contributed by atoms with Crippen LogP contribution in [-0.4, -0.2) is 18.0 Å². The molecule has 1 N–H and O–H groups in total. The number of nitrogens with zero attached hydrogens (tertiary/aromatic N) is 1. The first kappa shape index (κ1) is 10.9. The molecule has 1 amide bonds. The Labute approximate surface area is 89.8 Å². The van der Waals surface area contributed by atoms with Gasteiger partial charge in [0.1, 0.15) is 0 Å². The lowest BCUT2D eigenvalue weighted by Gasteiger charge is -2.26. The molecule has 3 nitrogen and oxygen atoms in total. The van der Waals surface area contributed by atoms with E-state index in [0.29, 0.717) is 12.1 Å². The summed E-state index contributed by atoms with van der Waals surface area (Å²) in [6.45, 7) is 0.357. The topological polar surface area (TPSA) is 32.3 Å². The van der Waals surface area contributed by atoms with Gasteiger partial charge >= 0.3 is 6.18 Å². The van der Waals surface area contributed by atoms with Crippen molar-refractivity contribution in [3.8, 4) is 0 Å². The third-order valence-corrected chi connectivity index (χ3v) is 2.48. The van der Waals surface area contributed by atoms with Crippen molar-refractivity contribution >= 4 is 5.91 Å². The number of hydrogen-bond acceptors (Lipinski definition) is 2. The molecule has 0 saturated carbocycles.